The standard InChI is InChI=1S/C19H22N2O4S/c1-16-7-9-17(10-8-16)25-15-19(22)20-11-13-21(14-12-20)26(23,24)18-5-3-2-4-6-18/h2-10H,11-15H2,1H3. The molecule has 0 atom stereocenters. The summed E-state index contributed by atoms with van der Waals surface area (Å²) in [6.45, 7) is 3.23. The predicted octanol–water partition coefficient (Wildman–Crippen LogP) is 1.91. The minimum Gasteiger partial charge on any atom is -0.484 e. The van der Waals surface area contributed by atoms with Crippen LogP contribution >= 0.6 is 0 Å². The summed E-state index contributed by atoms with van der Waals surface area (Å²) in [6.07, 6.45) is 0. The molecule has 1 saturated heterocycles. The van der Waals surface area contributed by atoms with Crippen LogP contribution in [0.3, 0.4) is 0 Å². The summed E-state index contributed by atoms with van der Waals surface area (Å²) in [6, 6.07) is 15.9. The molecule has 1 fully saturated rings. The fourth-order valence-corrected chi connectivity index (χ4v) is 4.23. The van der Waals surface area contributed by atoms with Gasteiger partial charge in [0.05, 0.1) is 4.90 Å². The summed E-state index contributed by atoms with van der Waals surface area (Å²) in [7, 11) is -3.51. The molecule has 6 nitrogen and oxygen atoms in total. The van der Waals surface area contributed by atoms with Crippen LogP contribution in [0.1, 0.15) is 5.56 Å². The summed E-state index contributed by atoms with van der Waals surface area (Å²) < 4.78 is 32.1. The molecule has 0 unspecified atom stereocenters. The molecule has 0 bridgehead atoms. The highest BCUT2D eigenvalue weighted by Crippen LogP contribution is 2.17. The third kappa shape index (κ3) is 4.23. The van der Waals surface area contributed by atoms with E-state index < -0.39 is 10.0 Å². The molecular weight excluding hydrogens is 352 g/mol. The number of aryl methyl sites for hydroxylation is 1. The number of amides is 1. The molecule has 7 heteroatoms. The summed E-state index contributed by atoms with van der Waals surface area (Å²) in [5, 5.41) is 0. The maximum Gasteiger partial charge on any atom is 0.260 e. The number of carbonyl (C=O) groups excluding carboxylic acids is 1. The van der Waals surface area contributed by atoms with Crippen LogP contribution < -0.4 is 4.74 Å². The summed E-state index contributed by atoms with van der Waals surface area (Å²) in [4.78, 5) is 14.2. The number of sulfonamides is 1. The van der Waals surface area contributed by atoms with Crippen LogP contribution in [-0.4, -0.2) is 56.3 Å². The minimum absolute atomic E-state index is 0.0471. The average molecular weight is 374 g/mol. The van der Waals surface area contributed by atoms with Gasteiger partial charge < -0.3 is 9.64 Å². The number of hydrogen-bond acceptors (Lipinski definition) is 4. The highest BCUT2D eigenvalue weighted by molar-refractivity contribution is 7.89. The number of ether oxygens (including phenoxy) is 1. The highest BCUT2D eigenvalue weighted by atomic mass is 32.2. The Kier molecular flexibility index (Phi) is 5.58. The molecule has 1 aliphatic rings. The van der Waals surface area contributed by atoms with Crippen LogP contribution in [0.5, 0.6) is 5.75 Å². The third-order valence-corrected chi connectivity index (χ3v) is 6.27. The maximum atomic E-state index is 12.6. The van der Waals surface area contributed by atoms with Crippen LogP contribution in [0.15, 0.2) is 59.5 Å². The molecule has 0 saturated carbocycles. The third-order valence-electron chi connectivity index (χ3n) is 4.36. The SMILES string of the molecule is Cc1ccc(OCC(=O)N2CCN(S(=O)(=O)c3ccccc3)CC2)cc1. The van der Waals surface area contributed by atoms with Crippen molar-refractivity contribution in [3.63, 3.8) is 0 Å². The van der Waals surface area contributed by atoms with Crippen molar-refractivity contribution >= 4 is 15.9 Å². The van der Waals surface area contributed by atoms with Gasteiger partial charge in [0.25, 0.3) is 5.91 Å². The minimum atomic E-state index is -3.51. The topological polar surface area (TPSA) is 66.9 Å². The summed E-state index contributed by atoms with van der Waals surface area (Å²) in [5.41, 5.74) is 1.12. The van der Waals surface area contributed by atoms with Crippen molar-refractivity contribution < 1.29 is 17.9 Å². The van der Waals surface area contributed by atoms with Crippen LogP contribution in [-0.2, 0) is 14.8 Å². The van der Waals surface area contributed by atoms with Crippen molar-refractivity contribution in [2.24, 2.45) is 0 Å². The second-order valence-corrected chi connectivity index (χ2v) is 8.14. The van der Waals surface area contributed by atoms with E-state index in [0.717, 1.165) is 5.56 Å². The van der Waals surface area contributed by atoms with E-state index >= 15 is 0 Å². The fourth-order valence-electron chi connectivity index (χ4n) is 2.79. The number of carbonyl (C=O) groups is 1. The Bertz CT molecular complexity index is 843. The molecule has 1 aliphatic heterocycles. The van der Waals surface area contributed by atoms with Gasteiger partial charge in [-0.05, 0) is 31.2 Å². The fraction of sp³-hybridized carbons (Fsp3) is 0.316. The van der Waals surface area contributed by atoms with E-state index in [1.807, 2.05) is 31.2 Å². The van der Waals surface area contributed by atoms with E-state index in [0.29, 0.717) is 18.8 Å². The van der Waals surface area contributed by atoms with Crippen molar-refractivity contribution in [1.82, 2.24) is 9.21 Å². The van der Waals surface area contributed by atoms with Crippen LogP contribution in [0.4, 0.5) is 0 Å². The van der Waals surface area contributed by atoms with Gasteiger partial charge in [-0.3, -0.25) is 4.79 Å². The van der Waals surface area contributed by atoms with Crippen LogP contribution in [0.25, 0.3) is 0 Å². The van der Waals surface area contributed by atoms with Crippen molar-refractivity contribution in [3.8, 4) is 5.75 Å². The Morgan fingerprint density at radius 3 is 2.19 bits per heavy atom. The largest absolute Gasteiger partial charge is 0.484 e. The number of nitrogens with zero attached hydrogens (tertiary/aromatic N) is 2. The van der Waals surface area contributed by atoms with Gasteiger partial charge in [-0.1, -0.05) is 35.9 Å². The van der Waals surface area contributed by atoms with Gasteiger partial charge in [0, 0.05) is 26.2 Å². The predicted molar refractivity (Wildman–Crippen MR) is 98.5 cm³/mol. The molecule has 0 aromatic heterocycles. The Morgan fingerprint density at radius 1 is 0.962 bits per heavy atom. The second kappa shape index (κ2) is 7.88. The molecule has 138 valence electrons. The monoisotopic (exact) mass is 374 g/mol. The first-order chi connectivity index (χ1) is 12.5. The Balaban J connectivity index is 1.53. The first-order valence-electron chi connectivity index (χ1n) is 8.49. The Hall–Kier alpha value is -2.38. The summed E-state index contributed by atoms with van der Waals surface area (Å²) >= 11 is 0. The number of hydrogen-bond donors (Lipinski definition) is 0. The molecule has 0 N–H and O–H groups in total. The van der Waals surface area contributed by atoms with Gasteiger partial charge in [-0.2, -0.15) is 4.31 Å². The van der Waals surface area contributed by atoms with E-state index in [4.69, 9.17) is 4.74 Å². The molecule has 26 heavy (non-hydrogen) atoms. The van der Waals surface area contributed by atoms with Gasteiger partial charge >= 0.3 is 0 Å². The highest BCUT2D eigenvalue weighted by Gasteiger charge is 2.29. The first kappa shape index (κ1) is 18.4. The van der Waals surface area contributed by atoms with Crippen molar-refractivity contribution in [2.45, 2.75) is 11.8 Å². The molecule has 0 spiro atoms. The van der Waals surface area contributed by atoms with Gasteiger partial charge in [0.15, 0.2) is 6.61 Å². The zero-order chi connectivity index (χ0) is 18.6. The molecule has 0 radical (unpaired) electrons. The van der Waals surface area contributed by atoms with Crippen molar-refractivity contribution in [2.75, 3.05) is 32.8 Å². The van der Waals surface area contributed by atoms with E-state index in [9.17, 15) is 13.2 Å². The normalized spacial score (nSPS) is 15.7. The van der Waals surface area contributed by atoms with E-state index in [1.54, 1.807) is 35.2 Å². The molecule has 3 rings (SSSR count). The quantitative estimate of drug-likeness (QED) is 0.802. The molecule has 0 aliphatic carbocycles. The maximum absolute atomic E-state index is 12.6. The molecule has 2 aromatic carbocycles. The lowest BCUT2D eigenvalue weighted by Gasteiger charge is -2.33. The van der Waals surface area contributed by atoms with Crippen molar-refractivity contribution in [1.29, 1.82) is 0 Å². The van der Waals surface area contributed by atoms with Gasteiger partial charge in [0.1, 0.15) is 5.75 Å². The van der Waals surface area contributed by atoms with E-state index in [1.165, 1.54) is 4.31 Å². The zero-order valence-corrected chi connectivity index (χ0v) is 15.5. The second-order valence-electron chi connectivity index (χ2n) is 6.20. The lowest BCUT2D eigenvalue weighted by Crippen LogP contribution is -2.51. The van der Waals surface area contributed by atoms with Crippen LogP contribution in [0, 0.1) is 6.92 Å². The van der Waals surface area contributed by atoms with E-state index in [-0.39, 0.29) is 30.5 Å². The zero-order valence-electron chi connectivity index (χ0n) is 14.7. The Morgan fingerprint density at radius 2 is 1.58 bits per heavy atom. The number of piperazine rings is 1. The number of rotatable bonds is 5. The van der Waals surface area contributed by atoms with E-state index in [2.05, 4.69) is 0 Å². The van der Waals surface area contributed by atoms with Gasteiger partial charge in [0.2, 0.25) is 10.0 Å². The lowest BCUT2D eigenvalue weighted by atomic mass is 10.2. The molecular formula is C19H22N2O4S. The number of benzene rings is 2. The van der Waals surface area contributed by atoms with Gasteiger partial charge in [-0.25, -0.2) is 8.42 Å². The molecule has 1 heterocycles. The smallest absolute Gasteiger partial charge is 0.260 e. The van der Waals surface area contributed by atoms with Gasteiger partial charge in [-0.15, -0.1) is 0 Å². The molecule has 1 amide bonds. The summed E-state index contributed by atoms with van der Waals surface area (Å²) in [5.74, 6) is 0.511. The van der Waals surface area contributed by atoms with Crippen LogP contribution in [0.2, 0.25) is 0 Å². The van der Waals surface area contributed by atoms with Crippen molar-refractivity contribution in [3.05, 3.63) is 60.2 Å². The Labute approximate surface area is 154 Å². The average Bonchev–Trinajstić information content (AvgIpc) is 2.68. The lowest BCUT2D eigenvalue weighted by molar-refractivity contribution is -0.134. The molecule has 2 aromatic rings. The first-order valence-corrected chi connectivity index (χ1v) is 9.93.